The zero-order chi connectivity index (χ0) is 19.7. The average molecular weight is 480 g/mol. The van der Waals surface area contributed by atoms with Gasteiger partial charge in [-0.05, 0) is 40.2 Å². The van der Waals surface area contributed by atoms with Gasteiger partial charge in [-0.1, -0.05) is 29.3 Å². The van der Waals surface area contributed by atoms with E-state index in [0.29, 0.717) is 0 Å². The van der Waals surface area contributed by atoms with Gasteiger partial charge in [0.15, 0.2) is 23.2 Å². The molecule has 1 heterocycles. The Balaban J connectivity index is 1.93. The number of hydrogen-bond acceptors (Lipinski definition) is 3. The minimum atomic E-state index is -1.60. The van der Waals surface area contributed by atoms with E-state index in [0.717, 1.165) is 16.8 Å². The number of benzene rings is 2. The molecule has 0 N–H and O–H groups in total. The molecule has 0 amide bonds. The molecule has 1 aromatic heterocycles. The van der Waals surface area contributed by atoms with E-state index in [1.54, 1.807) is 18.2 Å². The standard InChI is InChI=1S/C17H8BrCl2F3N2O2/c18-13-12(27-7-8-4-5-11(21)15(23)14(8)22)6-24-25(17(13)26)16-9(19)2-1-3-10(16)20/h1-6H,7H2. The highest BCUT2D eigenvalue weighted by Crippen LogP contribution is 2.28. The van der Waals surface area contributed by atoms with Crippen LogP contribution in [0.25, 0.3) is 5.69 Å². The van der Waals surface area contributed by atoms with Crippen LogP contribution in [0.2, 0.25) is 10.0 Å². The predicted molar refractivity (Wildman–Crippen MR) is 98.2 cm³/mol. The van der Waals surface area contributed by atoms with E-state index < -0.39 is 29.6 Å². The second-order valence-electron chi connectivity index (χ2n) is 5.23. The predicted octanol–water partition coefficient (Wildman–Crippen LogP) is 5.30. The molecule has 0 aliphatic carbocycles. The summed E-state index contributed by atoms with van der Waals surface area (Å²) < 4.78 is 46.2. The Bertz CT molecular complexity index is 1070. The van der Waals surface area contributed by atoms with Crippen molar-refractivity contribution < 1.29 is 17.9 Å². The minimum absolute atomic E-state index is 0.0245. The van der Waals surface area contributed by atoms with Gasteiger partial charge in [0, 0.05) is 5.56 Å². The normalized spacial score (nSPS) is 10.9. The topological polar surface area (TPSA) is 44.1 Å². The number of halogens is 6. The maximum absolute atomic E-state index is 13.7. The summed E-state index contributed by atoms with van der Waals surface area (Å²) >= 11 is 15.2. The molecule has 0 spiro atoms. The van der Waals surface area contributed by atoms with E-state index >= 15 is 0 Å². The van der Waals surface area contributed by atoms with Crippen LogP contribution in [0.4, 0.5) is 13.2 Å². The summed E-state index contributed by atoms with van der Waals surface area (Å²) in [5.41, 5.74) is -0.669. The van der Waals surface area contributed by atoms with Gasteiger partial charge in [0.2, 0.25) is 0 Å². The summed E-state index contributed by atoms with van der Waals surface area (Å²) in [4.78, 5) is 12.5. The quantitative estimate of drug-likeness (QED) is 0.477. The molecule has 4 nitrogen and oxygen atoms in total. The molecule has 2 aromatic carbocycles. The molecule has 0 bridgehead atoms. The van der Waals surface area contributed by atoms with Gasteiger partial charge in [-0.2, -0.15) is 9.78 Å². The van der Waals surface area contributed by atoms with E-state index in [1.807, 2.05) is 0 Å². The second-order valence-corrected chi connectivity index (χ2v) is 6.84. The van der Waals surface area contributed by atoms with Crippen molar-refractivity contribution in [2.24, 2.45) is 0 Å². The summed E-state index contributed by atoms with van der Waals surface area (Å²) in [5, 5.41) is 4.37. The molecule has 3 aromatic rings. The van der Waals surface area contributed by atoms with Crippen LogP contribution in [0.1, 0.15) is 5.56 Å². The van der Waals surface area contributed by atoms with Crippen LogP contribution < -0.4 is 10.3 Å². The number of para-hydroxylation sites is 1. The smallest absolute Gasteiger partial charge is 0.289 e. The lowest BCUT2D eigenvalue weighted by Gasteiger charge is -2.12. The molecule has 27 heavy (non-hydrogen) atoms. The maximum atomic E-state index is 13.7. The van der Waals surface area contributed by atoms with Gasteiger partial charge in [0.1, 0.15) is 16.8 Å². The van der Waals surface area contributed by atoms with Gasteiger partial charge in [-0.25, -0.2) is 13.2 Å². The molecule has 140 valence electrons. The first-order valence-corrected chi connectivity index (χ1v) is 8.83. The highest BCUT2D eigenvalue weighted by atomic mass is 79.9. The molecule has 0 aliphatic heterocycles. The van der Waals surface area contributed by atoms with Crippen LogP contribution >= 0.6 is 39.1 Å². The van der Waals surface area contributed by atoms with Crippen molar-refractivity contribution in [1.29, 1.82) is 0 Å². The van der Waals surface area contributed by atoms with Crippen molar-refractivity contribution in [3.63, 3.8) is 0 Å². The van der Waals surface area contributed by atoms with Gasteiger partial charge >= 0.3 is 0 Å². The molecule has 10 heteroatoms. The van der Waals surface area contributed by atoms with Gasteiger partial charge in [0.05, 0.1) is 16.2 Å². The fourth-order valence-corrected chi connectivity index (χ4v) is 3.14. The number of nitrogens with zero attached hydrogens (tertiary/aromatic N) is 2. The summed E-state index contributed by atoms with van der Waals surface area (Å²) in [6.45, 7) is -0.445. The largest absolute Gasteiger partial charge is 0.486 e. The fraction of sp³-hybridized carbons (Fsp3) is 0.0588. The van der Waals surface area contributed by atoms with E-state index in [1.165, 1.54) is 6.20 Å². The van der Waals surface area contributed by atoms with Gasteiger partial charge in [0.25, 0.3) is 5.56 Å². The minimum Gasteiger partial charge on any atom is -0.486 e. The Morgan fingerprint density at radius 1 is 1.07 bits per heavy atom. The van der Waals surface area contributed by atoms with E-state index in [9.17, 15) is 18.0 Å². The van der Waals surface area contributed by atoms with Crippen molar-refractivity contribution in [3.8, 4) is 11.4 Å². The second kappa shape index (κ2) is 7.92. The Labute approximate surface area is 169 Å². The molecular formula is C17H8BrCl2F3N2O2. The highest BCUT2D eigenvalue weighted by Gasteiger charge is 2.18. The lowest BCUT2D eigenvalue weighted by atomic mass is 10.2. The SMILES string of the molecule is O=c1c(Br)c(OCc2ccc(F)c(F)c2F)cnn1-c1c(Cl)cccc1Cl. The van der Waals surface area contributed by atoms with Crippen molar-refractivity contribution in [3.05, 3.63) is 84.4 Å². The lowest BCUT2D eigenvalue weighted by Crippen LogP contribution is -2.23. The van der Waals surface area contributed by atoms with E-state index in [2.05, 4.69) is 21.0 Å². The first kappa shape index (κ1) is 19.7. The Kier molecular flexibility index (Phi) is 5.78. The third-order valence-corrected chi connectivity index (χ3v) is 4.87. The fourth-order valence-electron chi connectivity index (χ4n) is 2.20. The third-order valence-electron chi connectivity index (χ3n) is 3.53. The van der Waals surface area contributed by atoms with Crippen LogP contribution in [-0.2, 0) is 6.61 Å². The number of aromatic nitrogens is 2. The summed E-state index contributed by atoms with van der Waals surface area (Å²) in [7, 11) is 0. The number of ether oxygens (including phenoxy) is 1. The zero-order valence-corrected chi connectivity index (χ0v) is 16.2. The van der Waals surface area contributed by atoms with E-state index in [-0.39, 0.29) is 31.5 Å². The van der Waals surface area contributed by atoms with Gasteiger partial charge in [-0.3, -0.25) is 4.79 Å². The van der Waals surface area contributed by atoms with Crippen LogP contribution in [0, 0.1) is 17.5 Å². The van der Waals surface area contributed by atoms with Crippen molar-refractivity contribution in [2.75, 3.05) is 0 Å². The molecule has 0 saturated heterocycles. The van der Waals surface area contributed by atoms with E-state index in [4.69, 9.17) is 27.9 Å². The Hall–Kier alpha value is -2.03. The number of hydrogen-bond donors (Lipinski definition) is 0. The lowest BCUT2D eigenvalue weighted by molar-refractivity contribution is 0.290. The monoisotopic (exact) mass is 478 g/mol. The molecule has 0 fully saturated rings. The maximum Gasteiger partial charge on any atom is 0.289 e. The van der Waals surface area contributed by atoms with Crippen LogP contribution in [0.5, 0.6) is 5.75 Å². The third kappa shape index (κ3) is 3.83. The first-order chi connectivity index (χ1) is 12.8. The molecule has 0 radical (unpaired) electrons. The van der Waals surface area contributed by atoms with Crippen LogP contribution in [-0.4, -0.2) is 9.78 Å². The van der Waals surface area contributed by atoms with Crippen molar-refractivity contribution in [2.45, 2.75) is 6.61 Å². The van der Waals surface area contributed by atoms with Crippen LogP contribution in [0.15, 0.2) is 45.8 Å². The Morgan fingerprint density at radius 2 is 1.74 bits per heavy atom. The summed E-state index contributed by atoms with van der Waals surface area (Å²) in [6, 6.07) is 6.52. The molecule has 0 saturated carbocycles. The van der Waals surface area contributed by atoms with Crippen molar-refractivity contribution in [1.82, 2.24) is 9.78 Å². The van der Waals surface area contributed by atoms with Crippen LogP contribution in [0.3, 0.4) is 0 Å². The summed E-state index contributed by atoms with van der Waals surface area (Å²) in [5.74, 6) is -4.30. The number of rotatable bonds is 4. The van der Waals surface area contributed by atoms with Crippen molar-refractivity contribution >= 4 is 39.1 Å². The highest BCUT2D eigenvalue weighted by molar-refractivity contribution is 9.10. The molecule has 3 rings (SSSR count). The molecule has 0 aliphatic rings. The van der Waals surface area contributed by atoms with Gasteiger partial charge < -0.3 is 4.74 Å². The molecular weight excluding hydrogens is 472 g/mol. The van der Waals surface area contributed by atoms with Gasteiger partial charge in [-0.15, -0.1) is 0 Å². The zero-order valence-electron chi connectivity index (χ0n) is 13.1. The summed E-state index contributed by atoms with van der Waals surface area (Å²) in [6.07, 6.45) is 1.18. The molecule has 0 unspecified atom stereocenters. The first-order valence-electron chi connectivity index (χ1n) is 7.28. The molecule has 0 atom stereocenters. The Morgan fingerprint density at radius 3 is 2.41 bits per heavy atom. The average Bonchev–Trinajstić information content (AvgIpc) is 2.63.